The van der Waals surface area contributed by atoms with E-state index in [0.29, 0.717) is 28.1 Å². The number of allylic oxidation sites excluding steroid dienone is 2. The Morgan fingerprint density at radius 1 is 0.886 bits per heavy atom. The van der Waals surface area contributed by atoms with Crippen LogP contribution < -0.4 is 5.32 Å². The fourth-order valence-corrected chi connectivity index (χ4v) is 5.31. The molecule has 0 radical (unpaired) electrons. The molecular formula is C36H33N3O5. The second kappa shape index (κ2) is 13.6. The molecule has 1 N–H and O–H groups in total. The number of rotatable bonds is 10. The van der Waals surface area contributed by atoms with Crippen LogP contribution >= 0.6 is 0 Å². The lowest BCUT2D eigenvalue weighted by molar-refractivity contribution is -0.138. The van der Waals surface area contributed by atoms with Gasteiger partial charge in [-0.3, -0.25) is 4.79 Å². The molecule has 4 aromatic rings. The topological polar surface area (TPSA) is 99.5 Å². The largest absolute Gasteiger partial charge is 0.466 e. The van der Waals surface area contributed by atoms with E-state index in [1.165, 1.54) is 7.11 Å². The van der Waals surface area contributed by atoms with E-state index in [1.54, 1.807) is 81.0 Å². The average Bonchev–Trinajstić information content (AvgIpc) is 3.56. The maximum atomic E-state index is 13.6. The van der Waals surface area contributed by atoms with Crippen molar-refractivity contribution in [2.45, 2.75) is 26.3 Å². The molecule has 1 aliphatic heterocycles. The second-order valence-electron chi connectivity index (χ2n) is 10.4. The molecule has 3 aromatic carbocycles. The molecule has 8 nitrogen and oxygen atoms in total. The van der Waals surface area contributed by atoms with Crippen molar-refractivity contribution in [2.24, 2.45) is 0 Å². The monoisotopic (exact) mass is 587 g/mol. The van der Waals surface area contributed by atoms with Crippen molar-refractivity contribution in [1.29, 1.82) is 0 Å². The van der Waals surface area contributed by atoms with E-state index >= 15 is 0 Å². The highest BCUT2D eigenvalue weighted by molar-refractivity contribution is 6.09. The molecule has 0 saturated heterocycles. The van der Waals surface area contributed by atoms with Crippen LogP contribution in [-0.2, 0) is 25.6 Å². The molecule has 0 amide bonds. The molecule has 44 heavy (non-hydrogen) atoms. The van der Waals surface area contributed by atoms with Crippen molar-refractivity contribution in [3.63, 3.8) is 0 Å². The van der Waals surface area contributed by atoms with Crippen molar-refractivity contribution in [3.8, 4) is 0 Å². The smallest absolute Gasteiger partial charge is 0.337 e. The highest BCUT2D eigenvalue weighted by Crippen LogP contribution is 2.39. The number of nitrogens with one attached hydrogen (secondary N) is 1. The fraction of sp³-hybridized carbons (Fsp3) is 0.167. The normalized spacial score (nSPS) is 14.8. The third kappa shape index (κ3) is 6.76. The first-order chi connectivity index (χ1) is 21.4. The minimum Gasteiger partial charge on any atom is -0.466 e. The molecule has 1 atom stereocenters. The summed E-state index contributed by atoms with van der Waals surface area (Å²) in [6.07, 6.45) is 9.09. The number of benzene rings is 3. The number of hydrogen-bond acceptors (Lipinski definition) is 7. The Labute approximate surface area is 256 Å². The number of dihydropyridines is 1. The first-order valence-electron chi connectivity index (χ1n) is 14.2. The Morgan fingerprint density at radius 2 is 1.59 bits per heavy atom. The van der Waals surface area contributed by atoms with E-state index in [2.05, 4.69) is 10.3 Å². The van der Waals surface area contributed by atoms with Crippen LogP contribution in [0.2, 0.25) is 0 Å². The summed E-state index contributed by atoms with van der Waals surface area (Å²) in [5.41, 5.74) is 5.37. The van der Waals surface area contributed by atoms with Gasteiger partial charge in [-0.05, 0) is 42.7 Å². The van der Waals surface area contributed by atoms with Crippen molar-refractivity contribution in [2.75, 3.05) is 13.7 Å². The van der Waals surface area contributed by atoms with Gasteiger partial charge in [-0.2, -0.15) is 0 Å². The van der Waals surface area contributed by atoms with Crippen LogP contribution in [0.25, 0.3) is 6.08 Å². The van der Waals surface area contributed by atoms with Gasteiger partial charge in [0.15, 0.2) is 5.78 Å². The molecule has 5 rings (SSSR count). The predicted molar refractivity (Wildman–Crippen MR) is 167 cm³/mol. The standard InChI is InChI=1S/C36H33N3O5/c1-24-31(35(41)43-3)33(29-12-7-13-30(21-29)34(40)28-10-5-4-6-11-28)32(25(2)38-24)36(42)44-20-8-9-26-14-16-27(17-15-26)22-39-19-18-37-23-39/h4-19,21,23,33,38H,20,22H2,1-3H3/b9-8+. The van der Waals surface area contributed by atoms with Crippen molar-refractivity contribution < 1.29 is 23.9 Å². The maximum Gasteiger partial charge on any atom is 0.337 e. The molecular weight excluding hydrogens is 554 g/mol. The number of ether oxygens (including phenoxy) is 2. The number of nitrogens with zero attached hydrogens (tertiary/aromatic N) is 2. The molecule has 1 aliphatic rings. The van der Waals surface area contributed by atoms with E-state index < -0.39 is 17.9 Å². The number of ketones is 1. The minimum absolute atomic E-state index is 0.0297. The summed E-state index contributed by atoms with van der Waals surface area (Å²) in [5, 5.41) is 3.14. The van der Waals surface area contributed by atoms with Gasteiger partial charge in [0, 0.05) is 41.5 Å². The minimum atomic E-state index is -0.799. The Hall–Kier alpha value is -5.50. The molecule has 0 aliphatic carbocycles. The fourth-order valence-electron chi connectivity index (χ4n) is 5.31. The lowest BCUT2D eigenvalue weighted by atomic mass is 9.79. The van der Waals surface area contributed by atoms with Gasteiger partial charge < -0.3 is 19.4 Å². The van der Waals surface area contributed by atoms with Crippen LogP contribution in [-0.4, -0.2) is 41.0 Å². The first-order valence-corrected chi connectivity index (χ1v) is 14.2. The zero-order chi connectivity index (χ0) is 31.1. The Morgan fingerprint density at radius 3 is 2.27 bits per heavy atom. The average molecular weight is 588 g/mol. The van der Waals surface area contributed by atoms with Crippen molar-refractivity contribution >= 4 is 23.8 Å². The van der Waals surface area contributed by atoms with Gasteiger partial charge in [-0.25, -0.2) is 14.6 Å². The summed E-state index contributed by atoms with van der Waals surface area (Å²) < 4.78 is 12.8. The van der Waals surface area contributed by atoms with Crippen LogP contribution in [0.4, 0.5) is 0 Å². The van der Waals surface area contributed by atoms with Crippen LogP contribution in [0.1, 0.15) is 52.4 Å². The zero-order valence-corrected chi connectivity index (χ0v) is 24.8. The van der Waals surface area contributed by atoms with Crippen molar-refractivity contribution in [3.05, 3.63) is 154 Å². The molecule has 8 heteroatoms. The van der Waals surface area contributed by atoms with Crippen molar-refractivity contribution in [1.82, 2.24) is 14.9 Å². The number of imidazole rings is 1. The van der Waals surface area contributed by atoms with Gasteiger partial charge in [-0.1, -0.05) is 78.9 Å². The van der Waals surface area contributed by atoms with Gasteiger partial charge in [-0.15, -0.1) is 0 Å². The SMILES string of the molecule is COC(=O)C1=C(C)NC(C)=C(C(=O)OC/C=C/c2ccc(Cn3ccnc3)cc2)C1c1cccc(C(=O)c2ccccc2)c1. The van der Waals surface area contributed by atoms with Gasteiger partial charge in [0.1, 0.15) is 6.61 Å². The molecule has 0 spiro atoms. The van der Waals surface area contributed by atoms with Gasteiger partial charge in [0.2, 0.25) is 0 Å². The third-order valence-corrected chi connectivity index (χ3v) is 7.43. The second-order valence-corrected chi connectivity index (χ2v) is 10.4. The van der Waals surface area contributed by atoms with E-state index in [-0.39, 0.29) is 23.5 Å². The molecule has 0 saturated carbocycles. The summed E-state index contributed by atoms with van der Waals surface area (Å²) >= 11 is 0. The maximum absolute atomic E-state index is 13.6. The number of carbonyl (C=O) groups excluding carboxylic acids is 3. The quantitative estimate of drug-likeness (QED) is 0.184. The number of methoxy groups -OCH3 is 1. The molecule has 1 aromatic heterocycles. The summed E-state index contributed by atoms with van der Waals surface area (Å²) in [6, 6.07) is 24.0. The van der Waals surface area contributed by atoms with Gasteiger partial charge >= 0.3 is 11.9 Å². The Bertz CT molecular complexity index is 1750. The Kier molecular flexibility index (Phi) is 9.30. The third-order valence-electron chi connectivity index (χ3n) is 7.43. The van der Waals surface area contributed by atoms with Gasteiger partial charge in [0.05, 0.1) is 30.5 Å². The lowest BCUT2D eigenvalue weighted by Gasteiger charge is -2.30. The van der Waals surface area contributed by atoms with E-state index in [4.69, 9.17) is 9.47 Å². The number of esters is 2. The predicted octanol–water partition coefficient (Wildman–Crippen LogP) is 5.83. The lowest BCUT2D eigenvalue weighted by Crippen LogP contribution is -2.32. The number of hydrogen-bond donors (Lipinski definition) is 1. The van der Waals surface area contributed by atoms with Crippen LogP contribution in [0, 0.1) is 0 Å². The molecule has 0 bridgehead atoms. The van der Waals surface area contributed by atoms with E-state index in [0.717, 1.165) is 17.7 Å². The van der Waals surface area contributed by atoms with Crippen LogP contribution in [0.15, 0.2) is 126 Å². The molecule has 222 valence electrons. The summed E-state index contributed by atoms with van der Waals surface area (Å²) in [4.78, 5) is 43.9. The van der Waals surface area contributed by atoms with Gasteiger partial charge in [0.25, 0.3) is 0 Å². The van der Waals surface area contributed by atoms with E-state index in [1.807, 2.05) is 47.2 Å². The summed E-state index contributed by atoms with van der Waals surface area (Å²) in [7, 11) is 1.30. The molecule has 0 fully saturated rings. The zero-order valence-electron chi connectivity index (χ0n) is 24.8. The first kappa shape index (κ1) is 30.0. The van der Waals surface area contributed by atoms with Crippen LogP contribution in [0.3, 0.4) is 0 Å². The highest BCUT2D eigenvalue weighted by Gasteiger charge is 2.38. The Balaban J connectivity index is 1.36. The van der Waals surface area contributed by atoms with E-state index in [9.17, 15) is 14.4 Å². The highest BCUT2D eigenvalue weighted by atomic mass is 16.5. The number of aromatic nitrogens is 2. The summed E-state index contributed by atoms with van der Waals surface area (Å²) in [5.74, 6) is -2.11. The number of carbonyl (C=O) groups is 3. The summed E-state index contributed by atoms with van der Waals surface area (Å²) in [6.45, 7) is 4.28. The molecule has 1 unspecified atom stereocenters. The molecule has 2 heterocycles. The van der Waals surface area contributed by atoms with Crippen LogP contribution in [0.5, 0.6) is 0 Å².